The SMILES string of the molecule is O=C(CN1CCc2sccc2C1)N1CCN(c2ncccn2)CC1. The zero-order chi connectivity index (χ0) is 16.4. The van der Waals surface area contributed by atoms with Gasteiger partial charge >= 0.3 is 0 Å². The van der Waals surface area contributed by atoms with Crippen LogP contribution in [0.1, 0.15) is 10.4 Å². The average Bonchev–Trinajstić information content (AvgIpc) is 3.10. The molecule has 6 nitrogen and oxygen atoms in total. The summed E-state index contributed by atoms with van der Waals surface area (Å²) < 4.78 is 0. The third-order valence-electron chi connectivity index (χ3n) is 4.71. The van der Waals surface area contributed by atoms with Gasteiger partial charge in [0.15, 0.2) is 0 Å². The molecule has 2 aromatic rings. The van der Waals surface area contributed by atoms with Crippen LogP contribution in [0.25, 0.3) is 0 Å². The van der Waals surface area contributed by atoms with E-state index in [0.717, 1.165) is 51.6 Å². The normalized spacial score (nSPS) is 18.5. The Morgan fingerprint density at radius 3 is 2.71 bits per heavy atom. The van der Waals surface area contributed by atoms with Crippen molar-refractivity contribution < 1.29 is 4.79 Å². The zero-order valence-electron chi connectivity index (χ0n) is 13.6. The van der Waals surface area contributed by atoms with Gasteiger partial charge in [0.2, 0.25) is 11.9 Å². The standard InChI is InChI=1S/C17H21N5OS/c23-16(13-20-6-2-15-14(12-20)3-11-24-15)21-7-9-22(10-8-21)17-18-4-1-5-19-17/h1,3-5,11H,2,6-10,12-13H2. The van der Waals surface area contributed by atoms with E-state index in [0.29, 0.717) is 6.54 Å². The fourth-order valence-electron chi connectivity index (χ4n) is 3.34. The molecule has 0 atom stereocenters. The van der Waals surface area contributed by atoms with Gasteiger partial charge in [-0.3, -0.25) is 9.69 Å². The predicted molar refractivity (Wildman–Crippen MR) is 94.1 cm³/mol. The van der Waals surface area contributed by atoms with Crippen molar-refractivity contribution in [1.29, 1.82) is 0 Å². The second kappa shape index (κ2) is 6.86. The van der Waals surface area contributed by atoms with E-state index in [1.807, 2.05) is 22.3 Å². The molecule has 0 radical (unpaired) electrons. The summed E-state index contributed by atoms with van der Waals surface area (Å²) in [5.41, 5.74) is 1.39. The molecule has 4 rings (SSSR count). The molecule has 0 spiro atoms. The topological polar surface area (TPSA) is 52.6 Å². The van der Waals surface area contributed by atoms with Gasteiger partial charge in [0.25, 0.3) is 0 Å². The van der Waals surface area contributed by atoms with Crippen molar-refractivity contribution in [2.75, 3.05) is 44.2 Å². The quantitative estimate of drug-likeness (QED) is 0.839. The summed E-state index contributed by atoms with van der Waals surface area (Å²) in [7, 11) is 0. The van der Waals surface area contributed by atoms with E-state index >= 15 is 0 Å². The van der Waals surface area contributed by atoms with Crippen LogP contribution in [-0.2, 0) is 17.8 Å². The largest absolute Gasteiger partial charge is 0.338 e. The number of hydrogen-bond acceptors (Lipinski definition) is 6. The maximum absolute atomic E-state index is 12.6. The molecule has 1 amide bonds. The molecule has 0 bridgehead atoms. The van der Waals surface area contributed by atoms with Gasteiger partial charge in [0.1, 0.15) is 0 Å². The van der Waals surface area contributed by atoms with Crippen LogP contribution >= 0.6 is 11.3 Å². The van der Waals surface area contributed by atoms with Gasteiger partial charge in [-0.05, 0) is 29.5 Å². The molecule has 0 aliphatic carbocycles. The fraction of sp³-hybridized carbons (Fsp3) is 0.471. The molecule has 2 aromatic heterocycles. The second-order valence-electron chi connectivity index (χ2n) is 6.25. The minimum Gasteiger partial charge on any atom is -0.338 e. The minimum atomic E-state index is 0.238. The summed E-state index contributed by atoms with van der Waals surface area (Å²) in [6.45, 7) is 5.49. The highest BCUT2D eigenvalue weighted by Gasteiger charge is 2.25. The minimum absolute atomic E-state index is 0.238. The maximum Gasteiger partial charge on any atom is 0.236 e. The molecule has 1 fully saturated rings. The number of carbonyl (C=O) groups is 1. The van der Waals surface area contributed by atoms with Crippen LogP contribution in [0.4, 0.5) is 5.95 Å². The Morgan fingerprint density at radius 1 is 1.12 bits per heavy atom. The summed E-state index contributed by atoms with van der Waals surface area (Å²) in [6, 6.07) is 4.01. The molecule has 0 unspecified atom stereocenters. The number of fused-ring (bicyclic) bond motifs is 1. The van der Waals surface area contributed by atoms with Crippen LogP contribution < -0.4 is 4.90 Å². The average molecular weight is 343 g/mol. The number of thiophene rings is 1. The molecule has 2 aliphatic rings. The first-order chi connectivity index (χ1) is 11.8. The molecule has 2 aliphatic heterocycles. The van der Waals surface area contributed by atoms with Gasteiger partial charge in [-0.15, -0.1) is 11.3 Å². The summed E-state index contributed by atoms with van der Waals surface area (Å²) >= 11 is 1.83. The van der Waals surface area contributed by atoms with Crippen molar-refractivity contribution in [3.63, 3.8) is 0 Å². The number of carbonyl (C=O) groups excluding carboxylic acids is 1. The Morgan fingerprint density at radius 2 is 1.92 bits per heavy atom. The number of amides is 1. The molecular formula is C17H21N5OS. The van der Waals surface area contributed by atoms with Crippen LogP contribution in [0.5, 0.6) is 0 Å². The summed E-state index contributed by atoms with van der Waals surface area (Å²) in [4.78, 5) is 29.0. The van der Waals surface area contributed by atoms with E-state index in [4.69, 9.17) is 0 Å². The third-order valence-corrected chi connectivity index (χ3v) is 5.74. The number of piperazine rings is 1. The Balaban J connectivity index is 1.29. The van der Waals surface area contributed by atoms with Gasteiger partial charge in [0.05, 0.1) is 6.54 Å². The molecular weight excluding hydrogens is 322 g/mol. The predicted octanol–water partition coefficient (Wildman–Crippen LogP) is 1.25. The fourth-order valence-corrected chi connectivity index (χ4v) is 4.23. The van der Waals surface area contributed by atoms with Crippen molar-refractivity contribution in [2.45, 2.75) is 13.0 Å². The lowest BCUT2D eigenvalue weighted by Gasteiger charge is -2.36. The highest BCUT2D eigenvalue weighted by atomic mass is 32.1. The van der Waals surface area contributed by atoms with Crippen molar-refractivity contribution in [3.8, 4) is 0 Å². The molecule has 24 heavy (non-hydrogen) atoms. The van der Waals surface area contributed by atoms with E-state index in [-0.39, 0.29) is 5.91 Å². The number of aromatic nitrogens is 2. The van der Waals surface area contributed by atoms with Crippen LogP contribution in [0.3, 0.4) is 0 Å². The van der Waals surface area contributed by atoms with Crippen molar-refractivity contribution in [1.82, 2.24) is 19.8 Å². The molecule has 0 N–H and O–H groups in total. The first-order valence-corrected chi connectivity index (χ1v) is 9.25. The van der Waals surface area contributed by atoms with Gasteiger partial charge in [-0.25, -0.2) is 9.97 Å². The van der Waals surface area contributed by atoms with E-state index in [9.17, 15) is 4.79 Å². The third kappa shape index (κ3) is 3.27. The zero-order valence-corrected chi connectivity index (χ0v) is 14.4. The number of hydrogen-bond donors (Lipinski definition) is 0. The molecule has 126 valence electrons. The Hall–Kier alpha value is -1.99. The maximum atomic E-state index is 12.6. The van der Waals surface area contributed by atoms with Crippen molar-refractivity contribution >= 4 is 23.2 Å². The van der Waals surface area contributed by atoms with Gasteiger partial charge < -0.3 is 9.80 Å². The molecule has 0 aromatic carbocycles. The van der Waals surface area contributed by atoms with E-state index < -0.39 is 0 Å². The number of anilines is 1. The van der Waals surface area contributed by atoms with Gasteiger partial charge in [-0.1, -0.05) is 0 Å². The van der Waals surface area contributed by atoms with Crippen molar-refractivity contribution in [2.24, 2.45) is 0 Å². The van der Waals surface area contributed by atoms with Gasteiger partial charge in [-0.2, -0.15) is 0 Å². The summed E-state index contributed by atoms with van der Waals surface area (Å²) in [5.74, 6) is 0.993. The Labute approximate surface area is 145 Å². The summed E-state index contributed by atoms with van der Waals surface area (Å²) in [6.07, 6.45) is 4.59. The molecule has 7 heteroatoms. The van der Waals surface area contributed by atoms with Crippen LogP contribution in [0, 0.1) is 0 Å². The second-order valence-corrected chi connectivity index (χ2v) is 7.25. The number of nitrogens with zero attached hydrogens (tertiary/aromatic N) is 5. The lowest BCUT2D eigenvalue weighted by molar-refractivity contribution is -0.132. The van der Waals surface area contributed by atoms with Crippen LogP contribution in [0.2, 0.25) is 0 Å². The Bertz CT molecular complexity index is 696. The van der Waals surface area contributed by atoms with E-state index in [1.54, 1.807) is 12.4 Å². The smallest absolute Gasteiger partial charge is 0.236 e. The molecule has 1 saturated heterocycles. The monoisotopic (exact) mass is 343 g/mol. The highest BCUT2D eigenvalue weighted by molar-refractivity contribution is 7.10. The van der Waals surface area contributed by atoms with E-state index in [1.165, 1.54) is 10.4 Å². The first kappa shape index (κ1) is 15.5. The highest BCUT2D eigenvalue weighted by Crippen LogP contribution is 2.23. The van der Waals surface area contributed by atoms with Crippen LogP contribution in [-0.4, -0.2) is 64.9 Å². The molecule has 0 saturated carbocycles. The summed E-state index contributed by atoms with van der Waals surface area (Å²) in [5, 5.41) is 2.15. The van der Waals surface area contributed by atoms with Crippen LogP contribution in [0.15, 0.2) is 29.9 Å². The van der Waals surface area contributed by atoms with Crippen molar-refractivity contribution in [3.05, 3.63) is 40.3 Å². The lowest BCUT2D eigenvalue weighted by Crippen LogP contribution is -2.52. The van der Waals surface area contributed by atoms with E-state index in [2.05, 4.69) is 31.2 Å². The number of rotatable bonds is 3. The lowest BCUT2D eigenvalue weighted by atomic mass is 10.1. The first-order valence-electron chi connectivity index (χ1n) is 8.37. The Kier molecular flexibility index (Phi) is 4.44. The van der Waals surface area contributed by atoms with Gasteiger partial charge in [0, 0.05) is 56.5 Å². The molecule has 4 heterocycles.